The van der Waals surface area contributed by atoms with E-state index in [4.69, 9.17) is 0 Å². The maximum atomic E-state index is 11.6. The van der Waals surface area contributed by atoms with E-state index in [1.54, 1.807) is 24.3 Å². The maximum absolute atomic E-state index is 11.6. The van der Waals surface area contributed by atoms with Crippen molar-refractivity contribution in [3.63, 3.8) is 0 Å². The zero-order valence-electron chi connectivity index (χ0n) is 10.3. The maximum Gasteiger partial charge on any atom is 0.412 e. The molecule has 0 spiro atoms. The van der Waals surface area contributed by atoms with Crippen molar-refractivity contribution in [3.8, 4) is 0 Å². The zero-order valence-corrected chi connectivity index (χ0v) is 10.3. The van der Waals surface area contributed by atoms with Crippen molar-refractivity contribution < 1.29 is 19.1 Å². The Morgan fingerprint density at radius 2 is 1.68 bits per heavy atom. The summed E-state index contributed by atoms with van der Waals surface area (Å²) in [6.45, 7) is 0. The fourth-order valence-corrected chi connectivity index (χ4v) is 1.47. The van der Waals surface area contributed by atoms with Crippen molar-refractivity contribution in [2.24, 2.45) is 0 Å². The molecule has 7 heteroatoms. The summed E-state index contributed by atoms with van der Waals surface area (Å²) in [5.74, 6) is -0.693. The second kappa shape index (κ2) is 5.30. The van der Waals surface area contributed by atoms with Gasteiger partial charge in [0, 0.05) is 0 Å². The van der Waals surface area contributed by atoms with Gasteiger partial charge in [-0.25, -0.2) is 19.6 Å². The van der Waals surface area contributed by atoms with E-state index in [0.29, 0.717) is 11.0 Å². The van der Waals surface area contributed by atoms with E-state index in [1.807, 2.05) is 0 Å². The van der Waals surface area contributed by atoms with Gasteiger partial charge in [-0.15, -0.1) is 0 Å². The number of rotatable bonds is 2. The molecule has 0 aliphatic rings. The number of nitrogens with zero attached hydrogens (tertiary/aromatic N) is 2. The van der Waals surface area contributed by atoms with Crippen LogP contribution in [0.1, 0.15) is 10.5 Å². The third-order valence-electron chi connectivity index (χ3n) is 2.36. The molecule has 1 amide bonds. The third-order valence-corrected chi connectivity index (χ3v) is 2.36. The second-order valence-corrected chi connectivity index (χ2v) is 3.52. The summed E-state index contributed by atoms with van der Waals surface area (Å²) in [5, 5.41) is 2.33. The quantitative estimate of drug-likeness (QED) is 0.825. The number of esters is 1. The number of amides is 1. The number of nitrogens with one attached hydrogen (secondary N) is 1. The molecule has 0 aliphatic heterocycles. The van der Waals surface area contributed by atoms with Gasteiger partial charge in [-0.1, -0.05) is 12.1 Å². The average Bonchev–Trinajstić information content (AvgIpc) is 2.45. The summed E-state index contributed by atoms with van der Waals surface area (Å²) in [6.07, 6.45) is -0.741. The first kappa shape index (κ1) is 12.7. The Morgan fingerprint density at radius 3 is 2.26 bits per heavy atom. The van der Waals surface area contributed by atoms with Crippen LogP contribution in [-0.4, -0.2) is 36.3 Å². The van der Waals surface area contributed by atoms with Crippen LogP contribution in [0.15, 0.2) is 24.3 Å². The van der Waals surface area contributed by atoms with Crippen molar-refractivity contribution in [1.82, 2.24) is 9.97 Å². The highest BCUT2D eigenvalue weighted by Crippen LogP contribution is 2.17. The number of hydrogen-bond donors (Lipinski definition) is 1. The minimum Gasteiger partial charge on any atom is -0.464 e. The van der Waals surface area contributed by atoms with Gasteiger partial charge < -0.3 is 9.47 Å². The molecule has 0 aliphatic carbocycles. The predicted molar refractivity (Wildman–Crippen MR) is 66.9 cm³/mol. The van der Waals surface area contributed by atoms with Crippen LogP contribution in [0.5, 0.6) is 0 Å². The number of aromatic nitrogens is 2. The normalized spacial score (nSPS) is 10.0. The van der Waals surface area contributed by atoms with Crippen molar-refractivity contribution in [2.75, 3.05) is 19.5 Å². The molecule has 2 aromatic rings. The Labute approximate surface area is 108 Å². The fourth-order valence-electron chi connectivity index (χ4n) is 1.47. The Bertz CT molecular complexity index is 642. The lowest BCUT2D eigenvalue weighted by Gasteiger charge is -2.08. The Morgan fingerprint density at radius 1 is 1.05 bits per heavy atom. The highest BCUT2D eigenvalue weighted by Gasteiger charge is 2.18. The molecule has 2 rings (SSSR count). The van der Waals surface area contributed by atoms with Crippen LogP contribution in [0, 0.1) is 0 Å². The number of carbonyl (C=O) groups is 2. The lowest BCUT2D eigenvalue weighted by Crippen LogP contribution is -2.17. The Hall–Kier alpha value is -2.70. The molecule has 0 radical (unpaired) electrons. The van der Waals surface area contributed by atoms with Gasteiger partial charge in [0.15, 0.2) is 11.5 Å². The number of fused-ring (bicyclic) bond motifs is 1. The van der Waals surface area contributed by atoms with Gasteiger partial charge in [-0.3, -0.25) is 5.32 Å². The highest BCUT2D eigenvalue weighted by molar-refractivity contribution is 5.98. The summed E-state index contributed by atoms with van der Waals surface area (Å²) in [4.78, 5) is 31.1. The first-order chi connectivity index (χ1) is 9.15. The molecule has 0 saturated carbocycles. The number of carbonyl (C=O) groups excluding carboxylic acids is 2. The molecule has 1 aromatic carbocycles. The number of methoxy groups -OCH3 is 2. The molecule has 1 aromatic heterocycles. The number of hydrogen-bond acceptors (Lipinski definition) is 6. The van der Waals surface area contributed by atoms with E-state index in [1.165, 1.54) is 14.2 Å². The molecule has 0 saturated heterocycles. The lowest BCUT2D eigenvalue weighted by atomic mass is 10.3. The van der Waals surface area contributed by atoms with Crippen molar-refractivity contribution in [3.05, 3.63) is 30.0 Å². The van der Waals surface area contributed by atoms with E-state index >= 15 is 0 Å². The van der Waals surface area contributed by atoms with E-state index < -0.39 is 12.1 Å². The molecule has 7 nitrogen and oxygen atoms in total. The van der Waals surface area contributed by atoms with Crippen LogP contribution in [0.25, 0.3) is 11.0 Å². The second-order valence-electron chi connectivity index (χ2n) is 3.52. The Balaban J connectivity index is 2.57. The first-order valence-corrected chi connectivity index (χ1v) is 5.35. The SMILES string of the molecule is COC(=O)Nc1nc2ccccc2nc1C(=O)OC. The average molecular weight is 261 g/mol. The van der Waals surface area contributed by atoms with Crippen molar-refractivity contribution >= 4 is 28.9 Å². The minimum atomic E-state index is -0.741. The monoisotopic (exact) mass is 261 g/mol. The van der Waals surface area contributed by atoms with Crippen LogP contribution >= 0.6 is 0 Å². The standard InChI is InChI=1S/C12H11N3O4/c1-18-11(16)9-10(15-12(17)19-2)14-8-6-4-3-5-7(8)13-9/h3-6H,1-2H3,(H,14,15,17). The van der Waals surface area contributed by atoms with E-state index in [2.05, 4.69) is 24.8 Å². The number of ether oxygens (including phenoxy) is 2. The van der Waals surface area contributed by atoms with E-state index in [-0.39, 0.29) is 11.5 Å². The smallest absolute Gasteiger partial charge is 0.412 e. The van der Waals surface area contributed by atoms with Gasteiger partial charge in [0.1, 0.15) is 0 Å². The summed E-state index contributed by atoms with van der Waals surface area (Å²) < 4.78 is 9.07. The van der Waals surface area contributed by atoms with Gasteiger partial charge in [0.25, 0.3) is 0 Å². The van der Waals surface area contributed by atoms with E-state index in [0.717, 1.165) is 0 Å². The molecule has 0 bridgehead atoms. The van der Waals surface area contributed by atoms with Crippen LogP contribution in [-0.2, 0) is 9.47 Å². The van der Waals surface area contributed by atoms with Crippen LogP contribution in [0.2, 0.25) is 0 Å². The minimum absolute atomic E-state index is 0.00241. The molecule has 19 heavy (non-hydrogen) atoms. The Kier molecular flexibility index (Phi) is 3.56. The van der Waals surface area contributed by atoms with Gasteiger partial charge >= 0.3 is 12.1 Å². The van der Waals surface area contributed by atoms with Gasteiger partial charge in [0.05, 0.1) is 25.3 Å². The fraction of sp³-hybridized carbons (Fsp3) is 0.167. The zero-order chi connectivity index (χ0) is 13.8. The first-order valence-electron chi connectivity index (χ1n) is 5.35. The predicted octanol–water partition coefficient (Wildman–Crippen LogP) is 1.59. The summed E-state index contributed by atoms with van der Waals surface area (Å²) in [5.41, 5.74) is 0.992. The molecular formula is C12H11N3O4. The molecule has 1 N–H and O–H groups in total. The highest BCUT2D eigenvalue weighted by atomic mass is 16.5. The largest absolute Gasteiger partial charge is 0.464 e. The number of para-hydroxylation sites is 2. The summed E-state index contributed by atoms with van der Waals surface area (Å²) in [6, 6.07) is 6.96. The summed E-state index contributed by atoms with van der Waals surface area (Å²) in [7, 11) is 2.43. The van der Waals surface area contributed by atoms with Crippen LogP contribution in [0.3, 0.4) is 0 Å². The van der Waals surface area contributed by atoms with Crippen LogP contribution < -0.4 is 5.32 Å². The molecule has 0 atom stereocenters. The molecule has 0 fully saturated rings. The lowest BCUT2D eigenvalue weighted by molar-refractivity contribution is 0.0595. The molecule has 1 heterocycles. The van der Waals surface area contributed by atoms with Crippen molar-refractivity contribution in [2.45, 2.75) is 0 Å². The van der Waals surface area contributed by atoms with Crippen LogP contribution in [0.4, 0.5) is 10.6 Å². The van der Waals surface area contributed by atoms with Crippen molar-refractivity contribution in [1.29, 1.82) is 0 Å². The van der Waals surface area contributed by atoms with Gasteiger partial charge in [-0.05, 0) is 12.1 Å². The molecule has 98 valence electrons. The number of benzene rings is 1. The molecular weight excluding hydrogens is 250 g/mol. The third kappa shape index (κ3) is 2.59. The molecule has 0 unspecified atom stereocenters. The van der Waals surface area contributed by atoms with Gasteiger partial charge in [0.2, 0.25) is 0 Å². The summed E-state index contributed by atoms with van der Waals surface area (Å²) >= 11 is 0. The number of anilines is 1. The van der Waals surface area contributed by atoms with E-state index in [9.17, 15) is 9.59 Å². The topological polar surface area (TPSA) is 90.4 Å². The van der Waals surface area contributed by atoms with Gasteiger partial charge in [-0.2, -0.15) is 0 Å².